The maximum absolute atomic E-state index is 13.3. The molecule has 3 rings (SSSR count). The summed E-state index contributed by atoms with van der Waals surface area (Å²) in [7, 11) is -3.95. The summed E-state index contributed by atoms with van der Waals surface area (Å²) in [6.45, 7) is 10.2. The van der Waals surface area contributed by atoms with Crippen molar-refractivity contribution >= 4 is 21.1 Å². The smallest absolute Gasteiger partial charge is 0.288 e. The van der Waals surface area contributed by atoms with Crippen LogP contribution in [0.1, 0.15) is 38.8 Å². The number of hydrogen-bond donors (Lipinski definition) is 0. The van der Waals surface area contributed by atoms with E-state index >= 15 is 0 Å². The molecule has 0 atom stereocenters. The standard InChI is InChI=1S/C19H23N3O3S/c1-6-25-17-10-8-14(19(3,4)5)12-18(17)26(23,24)22-16-9-7-13(2)11-15(16)20-21-22/h7-12H,6H2,1-5H3. The molecule has 0 saturated heterocycles. The van der Waals surface area contributed by atoms with E-state index in [2.05, 4.69) is 10.3 Å². The Balaban J connectivity index is 2.25. The zero-order valence-corrected chi connectivity index (χ0v) is 16.5. The maximum Gasteiger partial charge on any atom is 0.288 e. The van der Waals surface area contributed by atoms with E-state index in [0.29, 0.717) is 23.4 Å². The Morgan fingerprint density at radius 2 is 1.85 bits per heavy atom. The van der Waals surface area contributed by atoms with Gasteiger partial charge in [-0.2, -0.15) is 8.42 Å². The van der Waals surface area contributed by atoms with Crippen molar-refractivity contribution in [2.45, 2.75) is 44.9 Å². The lowest BCUT2D eigenvalue weighted by Gasteiger charge is -2.21. The predicted octanol–water partition coefficient (Wildman–Crippen LogP) is 3.67. The molecule has 0 aliphatic rings. The zero-order valence-electron chi connectivity index (χ0n) is 15.6. The lowest BCUT2D eigenvalue weighted by atomic mass is 9.87. The van der Waals surface area contributed by atoms with Gasteiger partial charge in [-0.25, -0.2) is 0 Å². The molecular weight excluding hydrogens is 350 g/mol. The average Bonchev–Trinajstić information content (AvgIpc) is 2.98. The lowest BCUT2D eigenvalue weighted by molar-refractivity contribution is 0.330. The Morgan fingerprint density at radius 3 is 2.50 bits per heavy atom. The molecule has 0 spiro atoms. The molecular formula is C19H23N3O3S. The predicted molar refractivity (Wildman–Crippen MR) is 101 cm³/mol. The van der Waals surface area contributed by atoms with Crippen LogP contribution in [0.5, 0.6) is 5.75 Å². The van der Waals surface area contributed by atoms with Crippen molar-refractivity contribution in [1.29, 1.82) is 0 Å². The molecule has 2 aromatic carbocycles. The molecule has 26 heavy (non-hydrogen) atoms. The molecule has 0 radical (unpaired) electrons. The Labute approximate surface area is 153 Å². The van der Waals surface area contributed by atoms with Crippen molar-refractivity contribution in [2.75, 3.05) is 6.61 Å². The third kappa shape index (κ3) is 3.19. The van der Waals surface area contributed by atoms with Gasteiger partial charge in [0.15, 0.2) is 0 Å². The molecule has 0 aliphatic carbocycles. The van der Waals surface area contributed by atoms with Crippen LogP contribution in [0.2, 0.25) is 0 Å². The van der Waals surface area contributed by atoms with Crippen molar-refractivity contribution in [3.8, 4) is 5.75 Å². The highest BCUT2D eigenvalue weighted by atomic mass is 32.2. The molecule has 0 unspecified atom stereocenters. The summed E-state index contributed by atoms with van der Waals surface area (Å²) in [5.74, 6) is 0.316. The molecule has 0 N–H and O–H groups in total. The van der Waals surface area contributed by atoms with Gasteiger partial charge in [0.05, 0.1) is 6.61 Å². The van der Waals surface area contributed by atoms with E-state index in [4.69, 9.17) is 4.74 Å². The van der Waals surface area contributed by atoms with Crippen LogP contribution in [0.3, 0.4) is 0 Å². The van der Waals surface area contributed by atoms with Crippen LogP contribution in [0.4, 0.5) is 0 Å². The number of fused-ring (bicyclic) bond motifs is 1. The van der Waals surface area contributed by atoms with Crippen molar-refractivity contribution < 1.29 is 13.2 Å². The van der Waals surface area contributed by atoms with Crippen LogP contribution in [0.15, 0.2) is 41.3 Å². The highest BCUT2D eigenvalue weighted by molar-refractivity contribution is 7.90. The van der Waals surface area contributed by atoms with E-state index in [1.807, 2.05) is 52.8 Å². The molecule has 1 aromatic heterocycles. The summed E-state index contributed by atoms with van der Waals surface area (Å²) >= 11 is 0. The van der Waals surface area contributed by atoms with Gasteiger partial charge in [-0.15, -0.1) is 9.19 Å². The van der Waals surface area contributed by atoms with E-state index in [1.165, 1.54) is 0 Å². The second kappa shape index (κ2) is 6.39. The molecule has 3 aromatic rings. The first kappa shape index (κ1) is 18.4. The fourth-order valence-corrected chi connectivity index (χ4v) is 4.12. The molecule has 0 bridgehead atoms. The SMILES string of the molecule is CCOc1ccc(C(C)(C)C)cc1S(=O)(=O)n1nnc2cc(C)ccc21. The van der Waals surface area contributed by atoms with Crippen LogP contribution in [0, 0.1) is 6.92 Å². The van der Waals surface area contributed by atoms with Crippen LogP contribution >= 0.6 is 0 Å². The van der Waals surface area contributed by atoms with E-state index in [1.54, 1.807) is 18.2 Å². The Bertz CT molecular complexity index is 1060. The van der Waals surface area contributed by atoms with Crippen molar-refractivity contribution in [1.82, 2.24) is 14.4 Å². The molecule has 6 nitrogen and oxygen atoms in total. The van der Waals surface area contributed by atoms with Gasteiger partial charge in [-0.1, -0.05) is 38.1 Å². The quantitative estimate of drug-likeness (QED) is 0.697. The largest absolute Gasteiger partial charge is 0.492 e. The number of nitrogens with zero attached hydrogens (tertiary/aromatic N) is 3. The summed E-state index contributed by atoms with van der Waals surface area (Å²) in [6.07, 6.45) is 0. The lowest BCUT2D eigenvalue weighted by Crippen LogP contribution is -2.18. The molecule has 138 valence electrons. The molecule has 0 amide bonds. The van der Waals surface area contributed by atoms with Crippen molar-refractivity contribution in [3.63, 3.8) is 0 Å². The van der Waals surface area contributed by atoms with E-state index in [-0.39, 0.29) is 10.3 Å². The van der Waals surface area contributed by atoms with E-state index in [0.717, 1.165) is 15.2 Å². The first-order chi connectivity index (χ1) is 12.1. The first-order valence-electron chi connectivity index (χ1n) is 8.49. The summed E-state index contributed by atoms with van der Waals surface area (Å²) in [5.41, 5.74) is 2.68. The minimum Gasteiger partial charge on any atom is -0.492 e. The zero-order chi connectivity index (χ0) is 19.1. The number of hydrogen-bond acceptors (Lipinski definition) is 5. The molecule has 7 heteroatoms. The minimum atomic E-state index is -3.95. The number of aromatic nitrogens is 3. The Morgan fingerprint density at radius 1 is 1.12 bits per heavy atom. The van der Waals surface area contributed by atoms with Crippen molar-refractivity contribution in [3.05, 3.63) is 47.5 Å². The third-order valence-corrected chi connectivity index (χ3v) is 5.79. The summed E-state index contributed by atoms with van der Waals surface area (Å²) < 4.78 is 33.3. The van der Waals surface area contributed by atoms with Crippen LogP contribution in [-0.4, -0.2) is 29.4 Å². The highest BCUT2D eigenvalue weighted by Crippen LogP contribution is 2.32. The Hall–Kier alpha value is -2.41. The number of ether oxygens (including phenoxy) is 1. The summed E-state index contributed by atoms with van der Waals surface area (Å²) in [6, 6.07) is 10.6. The monoisotopic (exact) mass is 373 g/mol. The average molecular weight is 373 g/mol. The van der Waals surface area contributed by atoms with Gasteiger partial charge >= 0.3 is 0 Å². The van der Waals surface area contributed by atoms with Gasteiger partial charge in [0.2, 0.25) is 0 Å². The van der Waals surface area contributed by atoms with Crippen molar-refractivity contribution in [2.24, 2.45) is 0 Å². The van der Waals surface area contributed by atoms with Gasteiger partial charge in [-0.3, -0.25) is 0 Å². The molecule has 0 aliphatic heterocycles. The van der Waals surface area contributed by atoms with Gasteiger partial charge in [0.25, 0.3) is 10.0 Å². The second-order valence-corrected chi connectivity index (χ2v) is 9.01. The van der Waals surface area contributed by atoms with Gasteiger partial charge in [-0.05, 0) is 54.7 Å². The fourth-order valence-electron chi connectivity index (χ4n) is 2.73. The maximum atomic E-state index is 13.3. The topological polar surface area (TPSA) is 74.1 Å². The highest BCUT2D eigenvalue weighted by Gasteiger charge is 2.27. The van der Waals surface area contributed by atoms with E-state index < -0.39 is 10.0 Å². The fraction of sp³-hybridized carbons (Fsp3) is 0.368. The second-order valence-electron chi connectivity index (χ2n) is 7.27. The number of aryl methyl sites for hydroxylation is 1. The first-order valence-corrected chi connectivity index (χ1v) is 9.93. The number of benzene rings is 2. The van der Waals surface area contributed by atoms with Crippen LogP contribution in [-0.2, 0) is 15.4 Å². The molecule has 0 saturated carbocycles. The minimum absolute atomic E-state index is 0.0964. The van der Waals surface area contributed by atoms with Gasteiger partial charge in [0, 0.05) is 0 Å². The molecule has 1 heterocycles. The Kier molecular flexibility index (Phi) is 4.52. The molecule has 0 fully saturated rings. The summed E-state index contributed by atoms with van der Waals surface area (Å²) in [4.78, 5) is 0.0964. The normalized spacial score (nSPS) is 12.5. The van der Waals surface area contributed by atoms with Gasteiger partial charge in [0.1, 0.15) is 21.7 Å². The van der Waals surface area contributed by atoms with Gasteiger partial charge < -0.3 is 4.74 Å². The van der Waals surface area contributed by atoms with Crippen LogP contribution in [0.25, 0.3) is 11.0 Å². The summed E-state index contributed by atoms with van der Waals surface area (Å²) in [5, 5.41) is 7.91. The third-order valence-electron chi connectivity index (χ3n) is 4.19. The number of rotatable bonds is 4. The van der Waals surface area contributed by atoms with E-state index in [9.17, 15) is 8.42 Å². The van der Waals surface area contributed by atoms with Crippen LogP contribution < -0.4 is 4.74 Å².